The molecule has 33 heavy (non-hydrogen) atoms. The van der Waals surface area contributed by atoms with Gasteiger partial charge in [-0.2, -0.15) is 0 Å². The zero-order valence-corrected chi connectivity index (χ0v) is 18.2. The van der Waals surface area contributed by atoms with Crippen LogP contribution in [0.15, 0.2) is 90.5 Å². The third-order valence-corrected chi connectivity index (χ3v) is 6.24. The number of aliphatic hydroxyl groups is 1. The first kappa shape index (κ1) is 20.9. The van der Waals surface area contributed by atoms with Gasteiger partial charge in [0.1, 0.15) is 5.76 Å². The van der Waals surface area contributed by atoms with Crippen molar-refractivity contribution in [1.82, 2.24) is 4.90 Å². The van der Waals surface area contributed by atoms with Gasteiger partial charge in [0, 0.05) is 19.2 Å². The lowest BCUT2D eigenvalue weighted by Crippen LogP contribution is -2.32. The Morgan fingerprint density at radius 2 is 1.45 bits per heavy atom. The maximum Gasteiger partial charge on any atom is 0.295 e. The molecular formula is C28H23NO4. The van der Waals surface area contributed by atoms with Crippen LogP contribution in [0.25, 0.3) is 27.3 Å². The fraction of sp³-hybridized carbons (Fsp3) is 0.143. The van der Waals surface area contributed by atoms with Crippen LogP contribution in [0.4, 0.5) is 0 Å². The van der Waals surface area contributed by atoms with E-state index in [2.05, 4.69) is 0 Å². The molecule has 0 saturated carbocycles. The Morgan fingerprint density at radius 3 is 2.18 bits per heavy atom. The zero-order valence-electron chi connectivity index (χ0n) is 18.2. The van der Waals surface area contributed by atoms with E-state index in [4.69, 9.17) is 4.74 Å². The predicted molar refractivity (Wildman–Crippen MR) is 129 cm³/mol. The normalized spacial score (nSPS) is 17.8. The number of carbonyl (C=O) groups is 2. The van der Waals surface area contributed by atoms with E-state index in [0.717, 1.165) is 27.1 Å². The van der Waals surface area contributed by atoms with Crippen molar-refractivity contribution in [2.75, 3.05) is 20.3 Å². The number of benzene rings is 4. The molecule has 1 heterocycles. The Morgan fingerprint density at radius 1 is 0.848 bits per heavy atom. The Hall–Kier alpha value is -3.96. The van der Waals surface area contributed by atoms with Crippen LogP contribution in [0.3, 0.4) is 0 Å². The number of aliphatic hydroxyl groups excluding tert-OH is 1. The maximum absolute atomic E-state index is 13.3. The summed E-state index contributed by atoms with van der Waals surface area (Å²) in [7, 11) is 1.56. The lowest BCUT2D eigenvalue weighted by Gasteiger charge is -2.26. The molecule has 164 valence electrons. The fourth-order valence-electron chi connectivity index (χ4n) is 4.69. The predicted octanol–water partition coefficient (Wildman–Crippen LogP) is 5.06. The Bertz CT molecular complexity index is 1410. The molecule has 4 aromatic rings. The first-order valence-electron chi connectivity index (χ1n) is 10.8. The van der Waals surface area contributed by atoms with Crippen molar-refractivity contribution in [2.45, 2.75) is 6.04 Å². The quantitative estimate of drug-likeness (QED) is 0.269. The Labute approximate surface area is 191 Å². The average molecular weight is 437 g/mol. The molecule has 0 aliphatic carbocycles. The number of methoxy groups -OCH3 is 1. The summed E-state index contributed by atoms with van der Waals surface area (Å²) in [6.07, 6.45) is 0. The molecule has 1 aliphatic rings. The molecule has 1 fully saturated rings. The van der Waals surface area contributed by atoms with Crippen molar-refractivity contribution in [3.8, 4) is 0 Å². The van der Waals surface area contributed by atoms with Crippen LogP contribution in [0.2, 0.25) is 0 Å². The lowest BCUT2D eigenvalue weighted by molar-refractivity contribution is -0.140. The van der Waals surface area contributed by atoms with Crippen molar-refractivity contribution in [2.24, 2.45) is 0 Å². The standard InChI is InChI=1S/C28H23NO4/c1-33-17-16-29-25(22-14-6-10-18-8-2-4-12-20(18)22)24(27(31)28(29)32)26(30)23-15-7-11-19-9-3-5-13-21(19)23/h2-15,25,30H,16-17H2,1H3/b26-24+. The summed E-state index contributed by atoms with van der Waals surface area (Å²) in [6, 6.07) is 26.2. The second kappa shape index (κ2) is 8.52. The number of hydrogen-bond acceptors (Lipinski definition) is 4. The number of Topliss-reactive ketones (excluding diaryl/α,β-unsaturated/α-hetero) is 1. The van der Waals surface area contributed by atoms with Gasteiger partial charge in [0.05, 0.1) is 18.2 Å². The van der Waals surface area contributed by atoms with Gasteiger partial charge in [-0.15, -0.1) is 0 Å². The number of rotatable bonds is 5. The van der Waals surface area contributed by atoms with Crippen molar-refractivity contribution >= 4 is 39.0 Å². The van der Waals surface area contributed by atoms with Gasteiger partial charge in [-0.1, -0.05) is 84.9 Å². The van der Waals surface area contributed by atoms with Crippen LogP contribution >= 0.6 is 0 Å². The monoisotopic (exact) mass is 437 g/mol. The average Bonchev–Trinajstić information content (AvgIpc) is 3.11. The lowest BCUT2D eigenvalue weighted by atomic mass is 9.90. The number of nitrogens with zero attached hydrogens (tertiary/aromatic N) is 1. The molecule has 5 rings (SSSR count). The number of carbonyl (C=O) groups excluding carboxylic acids is 2. The smallest absolute Gasteiger partial charge is 0.295 e. The van der Waals surface area contributed by atoms with Crippen molar-refractivity contribution in [1.29, 1.82) is 0 Å². The van der Waals surface area contributed by atoms with Crippen LogP contribution in [0.1, 0.15) is 17.2 Å². The second-order valence-corrected chi connectivity index (χ2v) is 8.08. The molecule has 1 aliphatic heterocycles. The molecule has 1 saturated heterocycles. The largest absolute Gasteiger partial charge is 0.507 e. The summed E-state index contributed by atoms with van der Waals surface area (Å²) < 4.78 is 5.21. The van der Waals surface area contributed by atoms with E-state index in [0.29, 0.717) is 5.56 Å². The van der Waals surface area contributed by atoms with Crippen molar-refractivity contribution < 1.29 is 19.4 Å². The van der Waals surface area contributed by atoms with Crippen LogP contribution in [0, 0.1) is 0 Å². The van der Waals surface area contributed by atoms with Crippen LogP contribution in [0.5, 0.6) is 0 Å². The molecule has 0 aromatic heterocycles. The van der Waals surface area contributed by atoms with E-state index in [1.807, 2.05) is 78.9 Å². The number of amides is 1. The number of likely N-dealkylation sites (tertiary alicyclic amines) is 1. The SMILES string of the molecule is COCCN1C(=O)C(=O)/C(=C(/O)c2cccc3ccccc23)C1c1cccc2ccccc12. The van der Waals surface area contributed by atoms with E-state index < -0.39 is 17.7 Å². The highest BCUT2D eigenvalue weighted by Crippen LogP contribution is 2.42. The van der Waals surface area contributed by atoms with Gasteiger partial charge >= 0.3 is 0 Å². The van der Waals surface area contributed by atoms with Gasteiger partial charge < -0.3 is 14.7 Å². The van der Waals surface area contributed by atoms with E-state index in [9.17, 15) is 14.7 Å². The van der Waals surface area contributed by atoms with Gasteiger partial charge in [-0.3, -0.25) is 9.59 Å². The fourth-order valence-corrected chi connectivity index (χ4v) is 4.69. The van der Waals surface area contributed by atoms with E-state index >= 15 is 0 Å². The molecule has 0 spiro atoms. The van der Waals surface area contributed by atoms with E-state index in [-0.39, 0.29) is 24.5 Å². The summed E-state index contributed by atoms with van der Waals surface area (Å²) in [5.41, 5.74) is 1.43. The summed E-state index contributed by atoms with van der Waals surface area (Å²) in [5.74, 6) is -1.48. The molecular weight excluding hydrogens is 414 g/mol. The van der Waals surface area contributed by atoms with Gasteiger partial charge in [0.15, 0.2) is 0 Å². The molecule has 1 atom stereocenters. The van der Waals surface area contributed by atoms with Gasteiger partial charge in [0.2, 0.25) is 0 Å². The third-order valence-electron chi connectivity index (χ3n) is 6.24. The summed E-state index contributed by atoms with van der Waals surface area (Å²) in [6.45, 7) is 0.518. The minimum atomic E-state index is -0.717. The van der Waals surface area contributed by atoms with Gasteiger partial charge in [0.25, 0.3) is 11.7 Å². The number of fused-ring (bicyclic) bond motifs is 2. The van der Waals surface area contributed by atoms with E-state index in [1.165, 1.54) is 4.90 Å². The maximum atomic E-state index is 13.3. The molecule has 0 bridgehead atoms. The van der Waals surface area contributed by atoms with Crippen LogP contribution in [-0.4, -0.2) is 42.0 Å². The third kappa shape index (κ3) is 3.47. The van der Waals surface area contributed by atoms with Crippen LogP contribution in [-0.2, 0) is 14.3 Å². The first-order valence-corrected chi connectivity index (χ1v) is 10.8. The number of ether oxygens (including phenoxy) is 1. The van der Waals surface area contributed by atoms with Gasteiger partial charge in [-0.05, 0) is 27.1 Å². The summed E-state index contributed by atoms with van der Waals surface area (Å²) in [4.78, 5) is 27.9. The van der Waals surface area contributed by atoms with Crippen molar-refractivity contribution in [3.63, 3.8) is 0 Å². The minimum absolute atomic E-state index is 0.101. The molecule has 5 heteroatoms. The first-order chi connectivity index (χ1) is 16.1. The summed E-state index contributed by atoms with van der Waals surface area (Å²) >= 11 is 0. The molecule has 0 radical (unpaired) electrons. The topological polar surface area (TPSA) is 66.8 Å². The Balaban J connectivity index is 1.78. The van der Waals surface area contributed by atoms with E-state index in [1.54, 1.807) is 13.2 Å². The summed E-state index contributed by atoms with van der Waals surface area (Å²) in [5, 5.41) is 15.2. The molecule has 4 aromatic carbocycles. The molecule has 1 N–H and O–H groups in total. The Kier molecular flexibility index (Phi) is 5.40. The molecule has 1 unspecified atom stereocenters. The highest BCUT2D eigenvalue weighted by molar-refractivity contribution is 6.46. The van der Waals surface area contributed by atoms with Gasteiger partial charge in [-0.25, -0.2) is 0 Å². The number of ketones is 1. The second-order valence-electron chi connectivity index (χ2n) is 8.08. The molecule has 5 nitrogen and oxygen atoms in total. The molecule has 1 amide bonds. The highest BCUT2D eigenvalue weighted by atomic mass is 16.5. The van der Waals surface area contributed by atoms with Crippen molar-refractivity contribution in [3.05, 3.63) is 102 Å². The zero-order chi connectivity index (χ0) is 22.9. The number of hydrogen-bond donors (Lipinski definition) is 1. The van der Waals surface area contributed by atoms with Crippen LogP contribution < -0.4 is 0 Å². The minimum Gasteiger partial charge on any atom is -0.507 e. The highest BCUT2D eigenvalue weighted by Gasteiger charge is 2.46.